The number of nitrogens with one attached hydrogen (secondary N) is 2. The first-order valence-electron chi connectivity index (χ1n) is 19.6. The van der Waals surface area contributed by atoms with Crippen molar-refractivity contribution in [2.45, 2.75) is 167 Å². The Bertz CT molecular complexity index is 1440. The maximum absolute atomic E-state index is 12.4. The molecule has 25 atom stereocenters. The van der Waals surface area contributed by atoms with Crippen molar-refractivity contribution in [3.05, 3.63) is 0 Å². The van der Waals surface area contributed by atoms with Gasteiger partial charge in [0.05, 0.1) is 33.0 Å². The van der Waals surface area contributed by atoms with Crippen molar-refractivity contribution in [1.29, 1.82) is 0 Å². The second kappa shape index (κ2) is 22.0. The quantitative estimate of drug-likeness (QED) is 0.0725. The number of hydrogen-bond donors (Lipinski definition) is 17. The number of aliphatic hydroxyl groups is 15. The molecular weight excluding hydrogens is 852 g/mol. The Balaban J connectivity index is 1.31. The van der Waals surface area contributed by atoms with E-state index in [-0.39, 0.29) is 0 Å². The number of carbonyl (C=O) groups excluding carboxylic acids is 2. The molecule has 28 heteroatoms. The average molecular weight is 911 g/mol. The lowest BCUT2D eigenvalue weighted by molar-refractivity contribution is -0.377. The molecule has 0 aromatic carbocycles. The van der Waals surface area contributed by atoms with Crippen LogP contribution in [0.15, 0.2) is 0 Å². The minimum absolute atomic E-state index is 0.734. The standard InChI is InChI=1S/C34H58N2O26/c1-8(41)35-15-21(47)27(60-34-26(52)29(19(45)12(5-39)58-34)62-33-25(51)23(49)18(44)11(4-38)57-33)13(6-40)59-31(15)54-7-14-20(46)28(16(30(53)55-14)36-9(2)42)61-32-24(50)22(48)17(43)10(3-37)56-32/h10-34,37-40,43-53H,3-7H2,1-2H3,(H,35,41)(H,36,42)/t10-,11-,12-,13-,14-,15-,16-,17+,18+,19+,20+,21-,22+,23+,24-,25-,26-,27-,28-,29+,30?,31-,32+,33+,34+/m1/s1. The normalized spacial score (nSPS) is 49.0. The third-order valence-corrected chi connectivity index (χ3v) is 11.1. The highest BCUT2D eigenvalue weighted by molar-refractivity contribution is 5.73. The lowest BCUT2D eigenvalue weighted by Crippen LogP contribution is -2.69. The van der Waals surface area contributed by atoms with Crippen molar-refractivity contribution in [3.8, 4) is 0 Å². The Labute approximate surface area is 351 Å². The second-order valence-electron chi connectivity index (χ2n) is 15.5. The molecule has 5 aliphatic rings. The Morgan fingerprint density at radius 3 is 1.31 bits per heavy atom. The second-order valence-corrected chi connectivity index (χ2v) is 15.5. The number of hydrogen-bond acceptors (Lipinski definition) is 26. The van der Waals surface area contributed by atoms with Gasteiger partial charge < -0.3 is 130 Å². The Morgan fingerprint density at radius 2 is 0.823 bits per heavy atom. The summed E-state index contributed by atoms with van der Waals surface area (Å²) in [4.78, 5) is 24.4. The number of aliphatic hydroxyl groups excluding tert-OH is 15. The van der Waals surface area contributed by atoms with Gasteiger partial charge in [0, 0.05) is 13.8 Å². The van der Waals surface area contributed by atoms with E-state index in [1.165, 1.54) is 0 Å². The SMILES string of the molecule is CC(=O)N[C@H]1[C@H](OC[C@H]2OC(O)[C@H](NC(C)=O)[C@@H](O[C@@H]3O[C@H](CO)[C@H](O)[C@H](O)[C@H]3O)[C@H]2O)O[C@H](CO)[C@@H](O[C@@H]2O[C@H](CO)[C@H](O)[C@H](O[C@@H]3O[C@H](CO)[C@H](O)[C@H](O)[C@H]3O)[C@H]2O)[C@@H]1O. The highest BCUT2D eigenvalue weighted by atomic mass is 16.8. The van der Waals surface area contributed by atoms with Gasteiger partial charge in [0.15, 0.2) is 31.5 Å². The van der Waals surface area contributed by atoms with Crippen LogP contribution in [-0.4, -0.2) is 275 Å². The largest absolute Gasteiger partial charge is 0.394 e. The molecular formula is C34H58N2O26. The van der Waals surface area contributed by atoms with E-state index in [9.17, 15) is 86.2 Å². The van der Waals surface area contributed by atoms with Gasteiger partial charge in [-0.15, -0.1) is 0 Å². The van der Waals surface area contributed by atoms with E-state index in [4.69, 9.17) is 42.6 Å². The molecule has 0 saturated carbocycles. The monoisotopic (exact) mass is 910 g/mol. The molecule has 5 saturated heterocycles. The molecule has 1 unspecified atom stereocenters. The molecule has 5 aliphatic heterocycles. The minimum Gasteiger partial charge on any atom is -0.394 e. The zero-order valence-electron chi connectivity index (χ0n) is 33.2. The van der Waals surface area contributed by atoms with Gasteiger partial charge in [0.2, 0.25) is 11.8 Å². The van der Waals surface area contributed by atoms with E-state index in [2.05, 4.69) is 10.6 Å². The summed E-state index contributed by atoms with van der Waals surface area (Å²) in [7, 11) is 0. The van der Waals surface area contributed by atoms with Crippen molar-refractivity contribution in [2.24, 2.45) is 0 Å². The van der Waals surface area contributed by atoms with Gasteiger partial charge >= 0.3 is 0 Å². The molecule has 17 N–H and O–H groups in total. The van der Waals surface area contributed by atoms with Gasteiger partial charge in [0.25, 0.3) is 0 Å². The third-order valence-electron chi connectivity index (χ3n) is 11.1. The molecule has 0 aromatic heterocycles. The Kier molecular flexibility index (Phi) is 18.1. The van der Waals surface area contributed by atoms with Crippen LogP contribution in [0.3, 0.4) is 0 Å². The van der Waals surface area contributed by atoms with Crippen LogP contribution >= 0.6 is 0 Å². The van der Waals surface area contributed by atoms with Crippen molar-refractivity contribution < 1.29 is 129 Å². The first-order chi connectivity index (χ1) is 29.3. The smallest absolute Gasteiger partial charge is 0.217 e. The van der Waals surface area contributed by atoms with Crippen LogP contribution in [0, 0.1) is 0 Å². The summed E-state index contributed by atoms with van der Waals surface area (Å²) in [5.41, 5.74) is 0. The molecule has 62 heavy (non-hydrogen) atoms. The van der Waals surface area contributed by atoms with Crippen LogP contribution in [0.4, 0.5) is 0 Å². The van der Waals surface area contributed by atoms with Gasteiger partial charge in [-0.25, -0.2) is 0 Å². The molecule has 0 spiro atoms. The van der Waals surface area contributed by atoms with E-state index in [0.29, 0.717) is 0 Å². The van der Waals surface area contributed by atoms with Crippen LogP contribution < -0.4 is 10.6 Å². The summed E-state index contributed by atoms with van der Waals surface area (Å²) >= 11 is 0. The molecule has 0 aliphatic carbocycles. The summed E-state index contributed by atoms with van der Waals surface area (Å²) in [6.07, 6.45) is -41.5. The van der Waals surface area contributed by atoms with Crippen LogP contribution in [0.1, 0.15) is 13.8 Å². The minimum atomic E-state index is -2.07. The summed E-state index contributed by atoms with van der Waals surface area (Å²) < 4.78 is 50.5. The van der Waals surface area contributed by atoms with Gasteiger partial charge in [-0.1, -0.05) is 0 Å². The maximum Gasteiger partial charge on any atom is 0.217 e. The van der Waals surface area contributed by atoms with Gasteiger partial charge in [-0.2, -0.15) is 0 Å². The summed E-state index contributed by atoms with van der Waals surface area (Å²) in [5, 5.41) is 162. The summed E-state index contributed by atoms with van der Waals surface area (Å²) in [6.45, 7) is -2.21. The number of carbonyl (C=O) groups is 2. The first kappa shape index (κ1) is 51.0. The highest BCUT2D eigenvalue weighted by Crippen LogP contribution is 2.34. The van der Waals surface area contributed by atoms with E-state index >= 15 is 0 Å². The fourth-order valence-corrected chi connectivity index (χ4v) is 7.73. The van der Waals surface area contributed by atoms with Crippen molar-refractivity contribution >= 4 is 11.8 Å². The first-order valence-corrected chi connectivity index (χ1v) is 19.6. The molecule has 0 radical (unpaired) electrons. The van der Waals surface area contributed by atoms with Gasteiger partial charge in [-0.3, -0.25) is 9.59 Å². The lowest BCUT2D eigenvalue weighted by atomic mass is 9.94. The van der Waals surface area contributed by atoms with E-state index < -0.39 is 198 Å². The maximum atomic E-state index is 12.4. The molecule has 5 heterocycles. The predicted molar refractivity (Wildman–Crippen MR) is 190 cm³/mol. The van der Waals surface area contributed by atoms with Crippen LogP contribution in [-0.2, 0) is 52.2 Å². The molecule has 360 valence electrons. The molecule has 0 bridgehead atoms. The van der Waals surface area contributed by atoms with Crippen LogP contribution in [0.5, 0.6) is 0 Å². The number of amides is 2. The molecule has 28 nitrogen and oxygen atoms in total. The molecule has 0 aromatic rings. The molecule has 2 amide bonds. The van der Waals surface area contributed by atoms with Crippen molar-refractivity contribution in [3.63, 3.8) is 0 Å². The summed E-state index contributed by atoms with van der Waals surface area (Å²) in [6, 6.07) is -3.17. The fraction of sp³-hybridized carbons (Fsp3) is 0.941. The van der Waals surface area contributed by atoms with Gasteiger partial charge in [-0.05, 0) is 0 Å². The molecule has 5 fully saturated rings. The van der Waals surface area contributed by atoms with E-state index in [1.54, 1.807) is 0 Å². The van der Waals surface area contributed by atoms with E-state index in [1.807, 2.05) is 0 Å². The average Bonchev–Trinajstić information content (AvgIpc) is 3.23. The number of rotatable bonds is 15. The third kappa shape index (κ3) is 11.0. The number of ether oxygens (including phenoxy) is 9. The summed E-state index contributed by atoms with van der Waals surface area (Å²) in [5.74, 6) is -1.50. The predicted octanol–water partition coefficient (Wildman–Crippen LogP) is -11.6. The van der Waals surface area contributed by atoms with Crippen molar-refractivity contribution in [2.75, 3.05) is 33.0 Å². The van der Waals surface area contributed by atoms with Crippen LogP contribution in [0.25, 0.3) is 0 Å². The topological polar surface area (TPSA) is 445 Å². The zero-order chi connectivity index (χ0) is 45.9. The van der Waals surface area contributed by atoms with Gasteiger partial charge in [0.1, 0.15) is 122 Å². The molecule has 5 rings (SSSR count). The zero-order valence-corrected chi connectivity index (χ0v) is 33.2. The lowest BCUT2D eigenvalue weighted by Gasteiger charge is -2.49. The van der Waals surface area contributed by atoms with E-state index in [0.717, 1.165) is 13.8 Å². The van der Waals surface area contributed by atoms with Crippen LogP contribution in [0.2, 0.25) is 0 Å². The fourth-order valence-electron chi connectivity index (χ4n) is 7.73. The Hall–Kier alpha value is -2.02. The highest BCUT2D eigenvalue weighted by Gasteiger charge is 2.56. The Morgan fingerprint density at radius 1 is 0.419 bits per heavy atom. The van der Waals surface area contributed by atoms with Crippen molar-refractivity contribution in [1.82, 2.24) is 10.6 Å².